The number of fused-ring (bicyclic) bond motifs is 2. The second kappa shape index (κ2) is 7.83. The molecular formula is C23H27N7OS. The summed E-state index contributed by atoms with van der Waals surface area (Å²) in [6.45, 7) is 10.8. The Labute approximate surface area is 190 Å². The number of thiazole rings is 1. The monoisotopic (exact) mass is 449 g/mol. The Kier molecular flexibility index (Phi) is 5.10. The third kappa shape index (κ3) is 3.61. The van der Waals surface area contributed by atoms with Gasteiger partial charge >= 0.3 is 0 Å². The van der Waals surface area contributed by atoms with Crippen molar-refractivity contribution in [2.24, 2.45) is 0 Å². The summed E-state index contributed by atoms with van der Waals surface area (Å²) >= 11 is 1.58. The summed E-state index contributed by atoms with van der Waals surface area (Å²) in [5, 5.41) is 9.10. The van der Waals surface area contributed by atoms with Crippen molar-refractivity contribution >= 4 is 34.0 Å². The Morgan fingerprint density at radius 2 is 2.03 bits per heavy atom. The predicted octanol–water partition coefficient (Wildman–Crippen LogP) is 3.75. The van der Waals surface area contributed by atoms with Gasteiger partial charge in [0.25, 0.3) is 5.56 Å². The van der Waals surface area contributed by atoms with Gasteiger partial charge in [0.15, 0.2) is 5.65 Å². The SMILES string of the molecule is CCn1c(=O)c2cnc(Nc3ccc4c(c3)CNCC4)nc2n1-c1cnc(C(C)(C)C)s1. The zero-order chi connectivity index (χ0) is 22.5. The van der Waals surface area contributed by atoms with E-state index in [0.29, 0.717) is 23.5 Å². The highest BCUT2D eigenvalue weighted by atomic mass is 32.1. The van der Waals surface area contributed by atoms with Crippen molar-refractivity contribution < 1.29 is 0 Å². The normalized spacial score (nSPS) is 14.0. The molecule has 0 bridgehead atoms. The molecule has 0 spiro atoms. The van der Waals surface area contributed by atoms with Gasteiger partial charge in [-0.1, -0.05) is 38.2 Å². The van der Waals surface area contributed by atoms with Gasteiger partial charge in [0, 0.05) is 30.4 Å². The first-order valence-corrected chi connectivity index (χ1v) is 11.7. The molecule has 4 heterocycles. The van der Waals surface area contributed by atoms with Crippen molar-refractivity contribution in [1.82, 2.24) is 29.6 Å². The van der Waals surface area contributed by atoms with Crippen molar-refractivity contribution in [1.29, 1.82) is 0 Å². The topological polar surface area (TPSA) is 89.7 Å². The van der Waals surface area contributed by atoms with Crippen LogP contribution in [0.15, 0.2) is 35.4 Å². The molecule has 0 unspecified atom stereocenters. The highest BCUT2D eigenvalue weighted by Gasteiger charge is 2.22. The smallest absolute Gasteiger partial charge is 0.278 e. The quantitative estimate of drug-likeness (QED) is 0.493. The highest BCUT2D eigenvalue weighted by molar-refractivity contribution is 7.14. The maximum absolute atomic E-state index is 13.0. The third-order valence-corrected chi connectivity index (χ3v) is 7.07. The van der Waals surface area contributed by atoms with Crippen LogP contribution in [0, 0.1) is 0 Å². The zero-order valence-electron chi connectivity index (χ0n) is 18.8. The van der Waals surface area contributed by atoms with E-state index in [9.17, 15) is 4.79 Å². The van der Waals surface area contributed by atoms with Crippen molar-refractivity contribution in [2.75, 3.05) is 11.9 Å². The minimum Gasteiger partial charge on any atom is -0.324 e. The predicted molar refractivity (Wildman–Crippen MR) is 128 cm³/mol. The second-order valence-electron chi connectivity index (χ2n) is 9.05. The van der Waals surface area contributed by atoms with E-state index in [-0.39, 0.29) is 11.0 Å². The molecule has 1 aromatic carbocycles. The van der Waals surface area contributed by atoms with E-state index in [1.807, 2.05) is 17.8 Å². The summed E-state index contributed by atoms with van der Waals surface area (Å²) in [6.07, 6.45) is 4.48. The lowest BCUT2D eigenvalue weighted by Crippen LogP contribution is -2.23. The molecule has 0 radical (unpaired) electrons. The van der Waals surface area contributed by atoms with Crippen LogP contribution in [0.1, 0.15) is 43.8 Å². The molecule has 0 aliphatic carbocycles. The summed E-state index contributed by atoms with van der Waals surface area (Å²) in [5.74, 6) is 0.462. The summed E-state index contributed by atoms with van der Waals surface area (Å²) in [6, 6.07) is 6.35. The molecule has 0 fully saturated rings. The molecule has 4 aromatic rings. The van der Waals surface area contributed by atoms with E-state index in [0.717, 1.165) is 35.2 Å². The Morgan fingerprint density at radius 1 is 1.19 bits per heavy atom. The van der Waals surface area contributed by atoms with Crippen LogP contribution in [0.25, 0.3) is 16.0 Å². The van der Waals surface area contributed by atoms with Crippen LogP contribution in [0.3, 0.4) is 0 Å². The fourth-order valence-corrected chi connectivity index (χ4v) is 4.98. The third-order valence-electron chi connectivity index (χ3n) is 5.67. The van der Waals surface area contributed by atoms with Gasteiger partial charge in [0.2, 0.25) is 5.95 Å². The highest BCUT2D eigenvalue weighted by Crippen LogP contribution is 2.30. The van der Waals surface area contributed by atoms with Crippen LogP contribution in [0.2, 0.25) is 0 Å². The van der Waals surface area contributed by atoms with E-state index in [1.165, 1.54) is 11.1 Å². The van der Waals surface area contributed by atoms with E-state index < -0.39 is 0 Å². The average Bonchev–Trinajstić information content (AvgIpc) is 3.36. The number of rotatable bonds is 4. The molecule has 166 valence electrons. The van der Waals surface area contributed by atoms with Gasteiger partial charge in [-0.05, 0) is 43.1 Å². The van der Waals surface area contributed by atoms with Crippen LogP contribution in [0.5, 0.6) is 0 Å². The van der Waals surface area contributed by atoms with Crippen LogP contribution in [-0.4, -0.2) is 30.9 Å². The summed E-state index contributed by atoms with van der Waals surface area (Å²) in [7, 11) is 0. The molecule has 32 heavy (non-hydrogen) atoms. The standard InChI is InChI=1S/C23H27N7OS/c1-5-29-20(31)17-12-26-22(27-16-7-6-14-8-9-24-11-15(14)10-16)28-19(17)30(29)18-13-25-21(32-18)23(2,3)4/h6-7,10,12-13,24H,5,8-9,11H2,1-4H3,(H,26,27,28). The lowest BCUT2D eigenvalue weighted by atomic mass is 9.98. The van der Waals surface area contributed by atoms with Gasteiger partial charge in [0.05, 0.1) is 6.20 Å². The molecule has 1 aliphatic heterocycles. The van der Waals surface area contributed by atoms with E-state index in [4.69, 9.17) is 4.98 Å². The molecule has 3 aromatic heterocycles. The fourth-order valence-electron chi connectivity index (χ4n) is 4.00. The molecule has 5 rings (SSSR count). The number of hydrogen-bond donors (Lipinski definition) is 2. The first-order valence-electron chi connectivity index (χ1n) is 10.9. The van der Waals surface area contributed by atoms with Crippen molar-refractivity contribution in [2.45, 2.75) is 52.6 Å². The fraction of sp³-hybridized carbons (Fsp3) is 0.391. The lowest BCUT2D eigenvalue weighted by Gasteiger charge is -2.18. The van der Waals surface area contributed by atoms with Crippen molar-refractivity contribution in [3.8, 4) is 5.00 Å². The molecule has 0 amide bonds. The molecule has 9 heteroatoms. The van der Waals surface area contributed by atoms with E-state index in [1.54, 1.807) is 22.2 Å². The van der Waals surface area contributed by atoms with Gasteiger partial charge in [-0.3, -0.25) is 4.79 Å². The molecule has 2 N–H and O–H groups in total. The first kappa shape index (κ1) is 20.8. The van der Waals surface area contributed by atoms with Gasteiger partial charge in [-0.2, -0.15) is 4.98 Å². The Bertz CT molecular complexity index is 1360. The maximum Gasteiger partial charge on any atom is 0.278 e. The van der Waals surface area contributed by atoms with Gasteiger partial charge in [-0.25, -0.2) is 19.3 Å². The average molecular weight is 450 g/mol. The second-order valence-corrected chi connectivity index (χ2v) is 10.1. The summed E-state index contributed by atoms with van der Waals surface area (Å²) in [4.78, 5) is 26.8. The van der Waals surface area contributed by atoms with Crippen molar-refractivity contribution in [3.63, 3.8) is 0 Å². The van der Waals surface area contributed by atoms with Gasteiger partial charge in [-0.15, -0.1) is 0 Å². The Balaban J connectivity index is 1.58. The first-order chi connectivity index (χ1) is 15.3. The molecule has 0 saturated heterocycles. The zero-order valence-corrected chi connectivity index (χ0v) is 19.6. The number of hydrogen-bond acceptors (Lipinski definition) is 7. The van der Waals surface area contributed by atoms with Crippen LogP contribution >= 0.6 is 11.3 Å². The van der Waals surface area contributed by atoms with Crippen molar-refractivity contribution in [3.05, 3.63) is 57.1 Å². The lowest BCUT2D eigenvalue weighted by molar-refractivity contribution is 0.579. The van der Waals surface area contributed by atoms with E-state index >= 15 is 0 Å². The Morgan fingerprint density at radius 3 is 2.78 bits per heavy atom. The molecular weight excluding hydrogens is 422 g/mol. The summed E-state index contributed by atoms with van der Waals surface area (Å²) < 4.78 is 3.56. The Hall–Kier alpha value is -3.04. The van der Waals surface area contributed by atoms with E-state index in [2.05, 4.69) is 59.6 Å². The molecule has 1 aliphatic rings. The largest absolute Gasteiger partial charge is 0.324 e. The molecule has 8 nitrogen and oxygen atoms in total. The minimum atomic E-state index is -0.0976. The number of nitrogens with zero attached hydrogens (tertiary/aromatic N) is 5. The number of aromatic nitrogens is 5. The number of anilines is 2. The minimum absolute atomic E-state index is 0.0633. The maximum atomic E-state index is 13.0. The summed E-state index contributed by atoms with van der Waals surface area (Å²) in [5.41, 5.74) is 4.02. The number of benzene rings is 1. The number of nitrogens with one attached hydrogen (secondary N) is 2. The van der Waals surface area contributed by atoms with Crippen LogP contribution in [0.4, 0.5) is 11.6 Å². The van der Waals surface area contributed by atoms with Gasteiger partial charge < -0.3 is 10.6 Å². The molecule has 0 saturated carbocycles. The van der Waals surface area contributed by atoms with Crippen LogP contribution < -0.4 is 16.2 Å². The molecule has 0 atom stereocenters. The van der Waals surface area contributed by atoms with Crippen LogP contribution in [-0.2, 0) is 24.9 Å². The van der Waals surface area contributed by atoms with Gasteiger partial charge in [0.1, 0.15) is 15.4 Å².